The molecule has 0 aliphatic rings. The fourth-order valence-corrected chi connectivity index (χ4v) is 3.32. The number of nitrogens with two attached hydrogens (primary N) is 6. The number of amides is 2. The molecule has 39 heavy (non-hydrogen) atoms. The van der Waals surface area contributed by atoms with Crippen LogP contribution in [-0.4, -0.2) is 74.1 Å². The van der Waals surface area contributed by atoms with E-state index < -0.39 is 47.9 Å². The van der Waals surface area contributed by atoms with Gasteiger partial charge in [-0.15, -0.1) is 0 Å². The Morgan fingerprint density at radius 2 is 0.769 bits per heavy atom. The minimum atomic E-state index is -1.29. The van der Waals surface area contributed by atoms with Crippen LogP contribution in [0.2, 0.25) is 0 Å². The number of nitrogens with one attached hydrogen (secondary N) is 2. The molecule has 1 radical (unpaired) electrons. The van der Waals surface area contributed by atoms with Crippen molar-refractivity contribution in [3.8, 4) is 0 Å². The number of carbonyl (C=O) groups is 4. The SMILES string of the molecule is NCCCC[C@H](NC(=O)[C@@H](N)CCCCN)C(=O)[O-].NCCCC[C@H](NC(=O)[C@@H](N)CCCCN)C(=O)[O-].[Cu+2]. The third kappa shape index (κ3) is 23.7. The first-order valence-corrected chi connectivity index (χ1v) is 13.4. The molecule has 0 aromatic rings. The van der Waals surface area contributed by atoms with E-state index in [-0.39, 0.29) is 17.1 Å². The predicted octanol–water partition coefficient (Wildman–Crippen LogP) is -4.39. The Morgan fingerprint density at radius 3 is 1.00 bits per heavy atom. The molecule has 233 valence electrons. The van der Waals surface area contributed by atoms with Crippen molar-refractivity contribution in [2.75, 3.05) is 26.2 Å². The second-order valence-corrected chi connectivity index (χ2v) is 9.11. The number of carboxylic acid groups (broad SMARTS) is 2. The minimum absolute atomic E-state index is 0. The zero-order chi connectivity index (χ0) is 29.3. The average molecular weight is 610 g/mol. The van der Waals surface area contributed by atoms with E-state index in [0.717, 1.165) is 25.7 Å². The maximum Gasteiger partial charge on any atom is 2.00 e. The Labute approximate surface area is 242 Å². The van der Waals surface area contributed by atoms with E-state index in [4.69, 9.17) is 34.4 Å². The standard InChI is InChI=1S/2C12H26N4O3.Cu/c2*13-7-3-1-5-9(15)11(17)16-10(12(18)19)6-2-4-8-14;/h2*9-10H,1-8,13-15H2,(H,16,17)(H,18,19);/q;;+2/p-2/t2*9-,10-;/m00./s1. The van der Waals surface area contributed by atoms with Gasteiger partial charge in [-0.25, -0.2) is 0 Å². The van der Waals surface area contributed by atoms with Crippen LogP contribution in [0.25, 0.3) is 0 Å². The summed E-state index contributed by atoms with van der Waals surface area (Å²) in [6, 6.07) is -3.41. The van der Waals surface area contributed by atoms with Gasteiger partial charge in [0.25, 0.3) is 0 Å². The summed E-state index contributed by atoms with van der Waals surface area (Å²) in [7, 11) is 0. The summed E-state index contributed by atoms with van der Waals surface area (Å²) in [6.07, 6.45) is 7.34. The molecule has 2 amide bonds. The van der Waals surface area contributed by atoms with E-state index in [1.165, 1.54) is 0 Å². The first-order chi connectivity index (χ1) is 18.0. The van der Waals surface area contributed by atoms with Gasteiger partial charge in [0.05, 0.1) is 36.1 Å². The maximum atomic E-state index is 11.7. The molecule has 15 heteroatoms. The van der Waals surface area contributed by atoms with Crippen LogP contribution in [0.15, 0.2) is 0 Å². The third-order valence-electron chi connectivity index (χ3n) is 5.71. The van der Waals surface area contributed by atoms with Crippen LogP contribution in [0, 0.1) is 0 Å². The quantitative estimate of drug-likeness (QED) is 0.0426. The van der Waals surface area contributed by atoms with Crippen LogP contribution < -0.4 is 55.2 Å². The van der Waals surface area contributed by atoms with Crippen molar-refractivity contribution in [2.24, 2.45) is 34.4 Å². The van der Waals surface area contributed by atoms with Gasteiger partial charge in [-0.3, -0.25) is 9.59 Å². The molecule has 0 bridgehead atoms. The van der Waals surface area contributed by atoms with Gasteiger partial charge in [0.15, 0.2) is 0 Å². The van der Waals surface area contributed by atoms with Crippen LogP contribution in [0.4, 0.5) is 0 Å². The van der Waals surface area contributed by atoms with Crippen molar-refractivity contribution in [3.63, 3.8) is 0 Å². The molecular formula is C24H50CuN8O6. The molecule has 14 N–H and O–H groups in total. The Balaban J connectivity index is -0.000000648. The third-order valence-corrected chi connectivity index (χ3v) is 5.71. The fourth-order valence-electron chi connectivity index (χ4n) is 3.32. The Morgan fingerprint density at radius 1 is 0.513 bits per heavy atom. The molecule has 0 saturated carbocycles. The largest absolute Gasteiger partial charge is 2.00 e. The number of hydrogen-bond donors (Lipinski definition) is 8. The molecule has 0 unspecified atom stereocenters. The zero-order valence-corrected chi connectivity index (χ0v) is 23.8. The van der Waals surface area contributed by atoms with E-state index in [9.17, 15) is 29.4 Å². The van der Waals surface area contributed by atoms with Crippen molar-refractivity contribution in [2.45, 2.75) is 101 Å². The number of hydrogen-bond acceptors (Lipinski definition) is 12. The van der Waals surface area contributed by atoms with E-state index in [1.807, 2.05) is 0 Å². The summed E-state index contributed by atoms with van der Waals surface area (Å²) in [4.78, 5) is 45.2. The van der Waals surface area contributed by atoms with Crippen molar-refractivity contribution in [3.05, 3.63) is 0 Å². The number of unbranched alkanes of at least 4 members (excludes halogenated alkanes) is 4. The summed E-state index contributed by atoms with van der Waals surface area (Å²) >= 11 is 0. The maximum absolute atomic E-state index is 11.7. The first-order valence-electron chi connectivity index (χ1n) is 13.4. The van der Waals surface area contributed by atoms with Crippen molar-refractivity contribution >= 4 is 23.8 Å². The minimum Gasteiger partial charge on any atom is -0.548 e. The molecule has 0 rings (SSSR count). The van der Waals surface area contributed by atoms with Crippen LogP contribution in [0.5, 0.6) is 0 Å². The van der Waals surface area contributed by atoms with Gasteiger partial charge in [-0.2, -0.15) is 0 Å². The molecule has 0 aliphatic heterocycles. The second-order valence-electron chi connectivity index (χ2n) is 9.11. The number of rotatable bonds is 22. The molecule has 0 fully saturated rings. The summed E-state index contributed by atoms with van der Waals surface area (Å²) < 4.78 is 0. The second kappa shape index (κ2) is 27.7. The van der Waals surface area contributed by atoms with Gasteiger partial charge in [-0.05, 0) is 90.4 Å². The van der Waals surface area contributed by atoms with E-state index in [1.54, 1.807) is 0 Å². The monoisotopic (exact) mass is 609 g/mol. The smallest absolute Gasteiger partial charge is 0.548 e. The Hall–Kier alpha value is -1.84. The Bertz CT molecular complexity index is 608. The summed E-state index contributed by atoms with van der Waals surface area (Å²) in [5.74, 6) is -3.50. The van der Waals surface area contributed by atoms with Crippen LogP contribution in [0.1, 0.15) is 77.0 Å². The van der Waals surface area contributed by atoms with Crippen molar-refractivity contribution in [1.82, 2.24) is 10.6 Å². The van der Waals surface area contributed by atoms with Gasteiger partial charge in [0, 0.05) is 0 Å². The number of carboxylic acids is 2. The molecule has 0 aliphatic carbocycles. The topological polar surface area (TPSA) is 295 Å². The predicted molar refractivity (Wildman–Crippen MR) is 141 cm³/mol. The summed E-state index contributed by atoms with van der Waals surface area (Å²) in [5.41, 5.74) is 32.7. The molecule has 4 atom stereocenters. The van der Waals surface area contributed by atoms with Gasteiger partial charge >= 0.3 is 17.1 Å². The summed E-state index contributed by atoms with van der Waals surface area (Å²) in [5, 5.41) is 26.6. The zero-order valence-electron chi connectivity index (χ0n) is 22.8. The molecule has 0 aromatic heterocycles. The van der Waals surface area contributed by atoms with E-state index in [2.05, 4.69) is 10.6 Å². The average Bonchev–Trinajstić information content (AvgIpc) is 2.87. The van der Waals surface area contributed by atoms with E-state index >= 15 is 0 Å². The van der Waals surface area contributed by atoms with Gasteiger partial charge in [-0.1, -0.05) is 12.8 Å². The van der Waals surface area contributed by atoms with Crippen LogP contribution in [-0.2, 0) is 36.2 Å². The molecule has 0 aromatic carbocycles. The van der Waals surface area contributed by atoms with Crippen LogP contribution >= 0.6 is 0 Å². The van der Waals surface area contributed by atoms with Crippen molar-refractivity contribution < 1.29 is 46.5 Å². The first kappa shape index (κ1) is 41.6. The molecule has 14 nitrogen and oxygen atoms in total. The van der Waals surface area contributed by atoms with Gasteiger partial charge in [0.2, 0.25) is 11.8 Å². The Kier molecular flexibility index (Phi) is 29.6. The summed E-state index contributed by atoms with van der Waals surface area (Å²) in [6.45, 7) is 2.09. The molecular weight excluding hydrogens is 560 g/mol. The molecule has 0 spiro atoms. The number of carbonyl (C=O) groups excluding carboxylic acids is 4. The van der Waals surface area contributed by atoms with Crippen molar-refractivity contribution in [1.29, 1.82) is 0 Å². The fraction of sp³-hybridized carbons (Fsp3) is 0.833. The normalized spacial score (nSPS) is 13.5. The molecule has 0 saturated heterocycles. The van der Waals surface area contributed by atoms with E-state index in [0.29, 0.717) is 77.5 Å². The van der Waals surface area contributed by atoms with Gasteiger partial charge < -0.3 is 64.8 Å². The number of aliphatic carboxylic acids is 2. The molecule has 0 heterocycles. The van der Waals surface area contributed by atoms with Gasteiger partial charge in [0.1, 0.15) is 0 Å². The van der Waals surface area contributed by atoms with Crippen LogP contribution in [0.3, 0.4) is 0 Å².